The standard InChI is InChI=1S/C34H33ClFN7O5/c35-27-9-10-28(43-20-38-40-41-43)26(31(27)36)8-11-30(44)42-18-14-24-25(2-1-3-29(24)48-19-15-21-12-16-37-17-13-21)32(42)33(45)39-23-6-4-22(5-7-23)34(46)47/h1-11,20-21,32,37H,12-19H2,(H,39,45)(H,46,47)/t32-/m1/s1. The number of carboxylic acid groups (broad SMARTS) is 1. The van der Waals surface area contributed by atoms with Gasteiger partial charge in [0.25, 0.3) is 5.91 Å². The first-order valence-corrected chi connectivity index (χ1v) is 16.0. The molecule has 48 heavy (non-hydrogen) atoms. The largest absolute Gasteiger partial charge is 0.493 e. The molecular formula is C34H33ClFN7O5. The molecule has 0 saturated carbocycles. The van der Waals surface area contributed by atoms with Gasteiger partial charge in [0.15, 0.2) is 5.82 Å². The van der Waals surface area contributed by atoms with Gasteiger partial charge in [-0.1, -0.05) is 23.7 Å². The predicted molar refractivity (Wildman–Crippen MR) is 175 cm³/mol. The zero-order valence-electron chi connectivity index (χ0n) is 25.8. The molecular weight excluding hydrogens is 641 g/mol. The van der Waals surface area contributed by atoms with Crippen LogP contribution >= 0.6 is 11.6 Å². The lowest BCUT2D eigenvalue weighted by Crippen LogP contribution is -2.44. The molecule has 2 amide bonds. The maximum absolute atomic E-state index is 15.2. The van der Waals surface area contributed by atoms with Crippen molar-refractivity contribution in [1.29, 1.82) is 0 Å². The average molecular weight is 674 g/mol. The summed E-state index contributed by atoms with van der Waals surface area (Å²) in [5.74, 6) is -1.65. The van der Waals surface area contributed by atoms with Crippen molar-refractivity contribution in [2.45, 2.75) is 31.7 Å². The molecule has 1 fully saturated rings. The molecule has 0 spiro atoms. The summed E-state index contributed by atoms with van der Waals surface area (Å²) < 4.78 is 22.7. The number of carbonyl (C=O) groups excluding carboxylic acids is 2. The SMILES string of the molecule is O=C(O)c1ccc(NC(=O)[C@H]2c3cccc(OCCC4CCNCC4)c3CCN2C(=O)C=Cc2c(-n3cnnn3)ccc(Cl)c2F)cc1. The van der Waals surface area contributed by atoms with Crippen LogP contribution in [-0.2, 0) is 16.0 Å². The molecule has 2 aliphatic rings. The van der Waals surface area contributed by atoms with Crippen LogP contribution in [0.25, 0.3) is 11.8 Å². The molecule has 12 nitrogen and oxygen atoms in total. The summed E-state index contributed by atoms with van der Waals surface area (Å²) in [5, 5.41) is 26.3. The number of aromatic nitrogens is 4. The van der Waals surface area contributed by atoms with Crippen molar-refractivity contribution in [2.75, 3.05) is 31.6 Å². The Bertz CT molecular complexity index is 1830. The van der Waals surface area contributed by atoms with Gasteiger partial charge in [-0.25, -0.2) is 9.18 Å². The van der Waals surface area contributed by atoms with E-state index in [1.807, 2.05) is 6.07 Å². The summed E-state index contributed by atoms with van der Waals surface area (Å²) in [6, 6.07) is 13.0. The van der Waals surface area contributed by atoms with Crippen LogP contribution in [0.15, 0.2) is 67.0 Å². The van der Waals surface area contributed by atoms with Crippen molar-refractivity contribution >= 4 is 41.1 Å². The number of anilines is 1. The monoisotopic (exact) mass is 673 g/mol. The van der Waals surface area contributed by atoms with Crippen LogP contribution in [0.5, 0.6) is 5.75 Å². The minimum Gasteiger partial charge on any atom is -0.493 e. The fourth-order valence-electron chi connectivity index (χ4n) is 6.14. The number of ether oxygens (including phenoxy) is 1. The Kier molecular flexibility index (Phi) is 10.1. The molecule has 248 valence electrons. The van der Waals surface area contributed by atoms with Crippen LogP contribution < -0.4 is 15.4 Å². The van der Waals surface area contributed by atoms with Crippen molar-refractivity contribution < 1.29 is 28.6 Å². The van der Waals surface area contributed by atoms with Gasteiger partial charge in [0.1, 0.15) is 18.1 Å². The number of carboxylic acids is 1. The Labute approximate surface area is 280 Å². The predicted octanol–water partition coefficient (Wildman–Crippen LogP) is 4.70. The number of halogens is 2. The van der Waals surface area contributed by atoms with E-state index in [1.54, 1.807) is 12.1 Å². The first-order valence-electron chi connectivity index (χ1n) is 15.6. The molecule has 4 aromatic rings. The number of carbonyl (C=O) groups is 3. The Morgan fingerprint density at radius 3 is 2.62 bits per heavy atom. The smallest absolute Gasteiger partial charge is 0.335 e. The number of nitrogens with one attached hydrogen (secondary N) is 2. The third-order valence-corrected chi connectivity index (χ3v) is 8.94. The van der Waals surface area contributed by atoms with E-state index < -0.39 is 29.6 Å². The number of rotatable bonds is 10. The Morgan fingerprint density at radius 1 is 1.10 bits per heavy atom. The van der Waals surface area contributed by atoms with Crippen LogP contribution in [-0.4, -0.2) is 74.2 Å². The Balaban J connectivity index is 1.29. The van der Waals surface area contributed by atoms with Gasteiger partial charge in [-0.3, -0.25) is 9.59 Å². The number of tetrazole rings is 1. The van der Waals surface area contributed by atoms with E-state index >= 15 is 4.39 Å². The minimum atomic E-state index is -1.09. The lowest BCUT2D eigenvalue weighted by Gasteiger charge is -2.36. The van der Waals surface area contributed by atoms with E-state index in [0.29, 0.717) is 35.9 Å². The summed E-state index contributed by atoms with van der Waals surface area (Å²) in [5.41, 5.74) is 2.12. The molecule has 1 atom stereocenters. The third kappa shape index (κ3) is 7.21. The highest BCUT2D eigenvalue weighted by molar-refractivity contribution is 6.31. The number of fused-ring (bicyclic) bond motifs is 1. The van der Waals surface area contributed by atoms with E-state index in [1.165, 1.54) is 64.5 Å². The number of piperidine rings is 1. The first kappa shape index (κ1) is 32.8. The van der Waals surface area contributed by atoms with Gasteiger partial charge >= 0.3 is 5.97 Å². The van der Waals surface area contributed by atoms with Crippen molar-refractivity contribution in [3.05, 3.63) is 100 Å². The van der Waals surface area contributed by atoms with Crippen molar-refractivity contribution in [1.82, 2.24) is 30.4 Å². The molecule has 1 saturated heterocycles. The molecule has 2 aliphatic heterocycles. The van der Waals surface area contributed by atoms with E-state index in [4.69, 9.17) is 16.3 Å². The molecule has 14 heteroatoms. The molecule has 0 bridgehead atoms. The van der Waals surface area contributed by atoms with E-state index in [9.17, 15) is 19.5 Å². The van der Waals surface area contributed by atoms with Crippen LogP contribution in [0.2, 0.25) is 5.02 Å². The zero-order chi connectivity index (χ0) is 33.6. The van der Waals surface area contributed by atoms with Crippen LogP contribution in [0.1, 0.15) is 52.4 Å². The van der Waals surface area contributed by atoms with E-state index in [0.717, 1.165) is 37.9 Å². The number of benzene rings is 3. The first-order chi connectivity index (χ1) is 23.3. The van der Waals surface area contributed by atoms with Gasteiger partial charge in [0.05, 0.1) is 22.9 Å². The van der Waals surface area contributed by atoms with Gasteiger partial charge in [0.2, 0.25) is 5.91 Å². The summed E-state index contributed by atoms with van der Waals surface area (Å²) in [7, 11) is 0. The lowest BCUT2D eigenvalue weighted by molar-refractivity contribution is -0.135. The fourth-order valence-corrected chi connectivity index (χ4v) is 6.30. The molecule has 0 unspecified atom stereocenters. The van der Waals surface area contributed by atoms with Gasteiger partial charge in [-0.2, -0.15) is 4.68 Å². The molecule has 3 aromatic carbocycles. The van der Waals surface area contributed by atoms with Gasteiger partial charge in [-0.15, -0.1) is 5.10 Å². The quantitative estimate of drug-likeness (QED) is 0.204. The van der Waals surface area contributed by atoms with Crippen LogP contribution in [0.4, 0.5) is 10.1 Å². The van der Waals surface area contributed by atoms with Crippen molar-refractivity contribution in [2.24, 2.45) is 5.92 Å². The maximum atomic E-state index is 15.2. The highest BCUT2D eigenvalue weighted by atomic mass is 35.5. The summed E-state index contributed by atoms with van der Waals surface area (Å²) in [6.07, 6.45) is 7.32. The minimum absolute atomic E-state index is 0.00971. The lowest BCUT2D eigenvalue weighted by atomic mass is 9.90. The Morgan fingerprint density at radius 2 is 1.90 bits per heavy atom. The van der Waals surface area contributed by atoms with Crippen LogP contribution in [0, 0.1) is 11.7 Å². The number of aromatic carboxylic acids is 1. The highest BCUT2D eigenvalue weighted by Gasteiger charge is 2.37. The topological polar surface area (TPSA) is 152 Å². The molecule has 3 heterocycles. The molecule has 1 aromatic heterocycles. The van der Waals surface area contributed by atoms with Gasteiger partial charge < -0.3 is 25.4 Å². The second-order valence-electron chi connectivity index (χ2n) is 11.6. The van der Waals surface area contributed by atoms with Crippen LogP contribution in [0.3, 0.4) is 0 Å². The van der Waals surface area contributed by atoms with Gasteiger partial charge in [-0.05, 0) is 109 Å². The Hall–Kier alpha value is -5.14. The molecule has 3 N–H and O–H groups in total. The summed E-state index contributed by atoms with van der Waals surface area (Å²) in [6.45, 7) is 2.72. The van der Waals surface area contributed by atoms with Crippen molar-refractivity contribution in [3.63, 3.8) is 0 Å². The zero-order valence-corrected chi connectivity index (χ0v) is 26.6. The van der Waals surface area contributed by atoms with Crippen molar-refractivity contribution in [3.8, 4) is 11.4 Å². The van der Waals surface area contributed by atoms with Gasteiger partial charge in [0, 0.05) is 29.4 Å². The summed E-state index contributed by atoms with van der Waals surface area (Å²) in [4.78, 5) is 40.6. The van der Waals surface area contributed by atoms with E-state index in [-0.39, 0.29) is 28.4 Å². The number of hydrogen-bond donors (Lipinski definition) is 3. The normalized spacial score (nSPS) is 16.5. The average Bonchev–Trinajstić information content (AvgIpc) is 3.64. The fraction of sp³-hybridized carbons (Fsp3) is 0.294. The number of amides is 2. The highest BCUT2D eigenvalue weighted by Crippen LogP contribution is 2.37. The second kappa shape index (κ2) is 14.7. The molecule has 0 aliphatic carbocycles. The second-order valence-corrected chi connectivity index (χ2v) is 12.0. The maximum Gasteiger partial charge on any atom is 0.335 e. The summed E-state index contributed by atoms with van der Waals surface area (Å²) >= 11 is 6.07. The third-order valence-electron chi connectivity index (χ3n) is 8.65. The molecule has 6 rings (SSSR count). The number of hydrogen-bond acceptors (Lipinski definition) is 8. The number of nitrogens with zero attached hydrogens (tertiary/aromatic N) is 5. The molecule has 0 radical (unpaired) electrons. The van der Waals surface area contributed by atoms with E-state index in [2.05, 4.69) is 26.2 Å².